The molecule has 1 aliphatic heterocycles. The van der Waals surface area contributed by atoms with Crippen LogP contribution in [0.3, 0.4) is 0 Å². The zero-order valence-corrected chi connectivity index (χ0v) is 18.6. The van der Waals surface area contributed by atoms with Crippen LogP contribution >= 0.6 is 11.3 Å². The highest BCUT2D eigenvalue weighted by Crippen LogP contribution is 2.33. The molecule has 2 aromatic heterocycles. The van der Waals surface area contributed by atoms with Crippen LogP contribution in [0, 0.1) is 5.92 Å². The number of thiophene rings is 1. The van der Waals surface area contributed by atoms with E-state index in [1.165, 1.54) is 53.9 Å². The van der Waals surface area contributed by atoms with E-state index in [-0.39, 0.29) is 5.56 Å². The third-order valence-corrected chi connectivity index (χ3v) is 8.54. The van der Waals surface area contributed by atoms with Crippen molar-refractivity contribution in [3.8, 4) is 0 Å². The molecule has 0 atom stereocenters. The largest absolute Gasteiger partial charge is 0.331 e. The number of hydrogen-bond donors (Lipinski definition) is 2. The lowest BCUT2D eigenvalue weighted by atomic mass is 9.97. The minimum atomic E-state index is 0.0366. The predicted octanol–water partition coefficient (Wildman–Crippen LogP) is 2.06. The number of carbonyl (C=O) groups excluding carboxylic acids is 1. The Morgan fingerprint density at radius 1 is 1.13 bits per heavy atom. The quantitative estimate of drug-likeness (QED) is 0.764. The number of hydrogen-bond acceptors (Lipinski definition) is 4. The van der Waals surface area contributed by atoms with Gasteiger partial charge >= 0.3 is 0 Å². The number of aromatic nitrogens is 2. The van der Waals surface area contributed by atoms with Gasteiger partial charge in [-0.15, -0.1) is 11.3 Å². The van der Waals surface area contributed by atoms with E-state index in [2.05, 4.69) is 4.98 Å². The molecule has 0 radical (unpaired) electrons. The number of amides is 1. The van der Waals surface area contributed by atoms with Crippen molar-refractivity contribution in [1.82, 2.24) is 14.9 Å². The fourth-order valence-corrected chi connectivity index (χ4v) is 6.84. The number of aryl methyl sites for hydroxylation is 2. The molecule has 0 spiro atoms. The Morgan fingerprint density at radius 2 is 1.90 bits per heavy atom. The van der Waals surface area contributed by atoms with E-state index in [0.717, 1.165) is 73.9 Å². The van der Waals surface area contributed by atoms with E-state index in [1.807, 2.05) is 4.90 Å². The van der Waals surface area contributed by atoms with Crippen molar-refractivity contribution in [1.29, 1.82) is 0 Å². The van der Waals surface area contributed by atoms with Gasteiger partial charge in [0.05, 0.1) is 31.6 Å². The molecule has 2 fully saturated rings. The normalized spacial score (nSPS) is 20.7. The number of carbonyl (C=O) groups is 1. The first-order valence-electron chi connectivity index (χ1n) is 11.8. The fourth-order valence-electron chi connectivity index (χ4n) is 5.56. The lowest BCUT2D eigenvalue weighted by Gasteiger charge is -2.32. The number of H-pyrrole nitrogens is 1. The van der Waals surface area contributed by atoms with Crippen molar-refractivity contribution in [2.24, 2.45) is 5.92 Å². The summed E-state index contributed by atoms with van der Waals surface area (Å²) < 4.78 is 0. The zero-order valence-electron chi connectivity index (χ0n) is 17.8. The van der Waals surface area contributed by atoms with E-state index in [1.54, 1.807) is 11.3 Å². The van der Waals surface area contributed by atoms with E-state index < -0.39 is 0 Å². The van der Waals surface area contributed by atoms with Crippen molar-refractivity contribution in [3.63, 3.8) is 0 Å². The number of rotatable bonds is 5. The van der Waals surface area contributed by atoms with Crippen LogP contribution < -0.4 is 10.5 Å². The van der Waals surface area contributed by atoms with Gasteiger partial charge in [0, 0.05) is 11.3 Å². The number of nitrogens with zero attached hydrogens (tertiary/aromatic N) is 2. The molecule has 2 aromatic rings. The molecule has 0 aromatic carbocycles. The lowest BCUT2D eigenvalue weighted by Crippen LogP contribution is -3.13. The Hall–Kier alpha value is -1.73. The Kier molecular flexibility index (Phi) is 5.92. The summed E-state index contributed by atoms with van der Waals surface area (Å²) in [7, 11) is 0. The summed E-state index contributed by atoms with van der Waals surface area (Å²) in [5.74, 6) is 1.90. The maximum Gasteiger partial charge on any atom is 0.260 e. The molecule has 1 saturated carbocycles. The van der Waals surface area contributed by atoms with Gasteiger partial charge in [0.2, 0.25) is 5.91 Å². The van der Waals surface area contributed by atoms with Crippen LogP contribution in [0.4, 0.5) is 0 Å². The monoisotopic (exact) mass is 429 g/mol. The molecule has 5 rings (SSSR count). The van der Waals surface area contributed by atoms with Gasteiger partial charge in [0.15, 0.2) is 5.82 Å². The highest BCUT2D eigenvalue weighted by molar-refractivity contribution is 7.18. The fraction of sp³-hybridized carbons (Fsp3) is 0.696. The summed E-state index contributed by atoms with van der Waals surface area (Å²) in [6.45, 7) is 4.23. The van der Waals surface area contributed by atoms with E-state index >= 15 is 0 Å². The van der Waals surface area contributed by atoms with Crippen LogP contribution in [0.1, 0.15) is 67.6 Å². The molecule has 1 saturated heterocycles. The van der Waals surface area contributed by atoms with Gasteiger partial charge in [-0.2, -0.15) is 0 Å². The van der Waals surface area contributed by atoms with Gasteiger partial charge < -0.3 is 14.8 Å². The first-order chi connectivity index (χ1) is 14.7. The van der Waals surface area contributed by atoms with E-state index in [0.29, 0.717) is 12.3 Å². The average Bonchev–Trinajstić information content (AvgIpc) is 3.40. The number of quaternary nitrogens is 1. The standard InChI is InChI=1S/C23H32N4O2S/c28-20(10-9-16-5-1-2-6-16)27-13-11-26(12-14-27)15-19-24-22(29)21-17-7-3-4-8-18(17)30-23(21)25-19/h16H,1-15H2,(H,24,25,29)/p+1. The van der Waals surface area contributed by atoms with Crippen molar-refractivity contribution >= 4 is 27.5 Å². The minimum absolute atomic E-state index is 0.0366. The molecular weight excluding hydrogens is 396 g/mol. The third-order valence-electron chi connectivity index (χ3n) is 7.36. The Balaban J connectivity index is 1.18. The van der Waals surface area contributed by atoms with Gasteiger partial charge in [-0.1, -0.05) is 25.7 Å². The molecule has 0 unspecified atom stereocenters. The highest BCUT2D eigenvalue weighted by Gasteiger charge is 2.26. The Labute approximate surface area is 181 Å². The van der Waals surface area contributed by atoms with Crippen molar-refractivity contribution in [2.75, 3.05) is 26.2 Å². The number of piperazine rings is 1. The van der Waals surface area contributed by atoms with Crippen molar-refractivity contribution in [3.05, 3.63) is 26.6 Å². The summed E-state index contributed by atoms with van der Waals surface area (Å²) in [6.07, 6.45) is 11.6. The van der Waals surface area contributed by atoms with Gasteiger partial charge in [0.25, 0.3) is 5.56 Å². The van der Waals surface area contributed by atoms with Crippen LogP contribution in [0.2, 0.25) is 0 Å². The van der Waals surface area contributed by atoms with Crippen LogP contribution in [0.5, 0.6) is 0 Å². The summed E-state index contributed by atoms with van der Waals surface area (Å²) >= 11 is 1.72. The van der Waals surface area contributed by atoms with Crippen molar-refractivity contribution < 1.29 is 9.69 Å². The highest BCUT2D eigenvalue weighted by atomic mass is 32.1. The Bertz CT molecular complexity index is 967. The number of nitrogens with one attached hydrogen (secondary N) is 2. The second kappa shape index (κ2) is 8.79. The lowest BCUT2D eigenvalue weighted by molar-refractivity contribution is -0.918. The summed E-state index contributed by atoms with van der Waals surface area (Å²) in [5.41, 5.74) is 1.29. The second-order valence-electron chi connectivity index (χ2n) is 9.40. The van der Waals surface area contributed by atoms with Gasteiger partial charge in [0.1, 0.15) is 11.4 Å². The molecule has 2 N–H and O–H groups in total. The minimum Gasteiger partial charge on any atom is -0.331 e. The van der Waals surface area contributed by atoms with Crippen molar-refractivity contribution in [2.45, 2.75) is 70.8 Å². The molecule has 1 amide bonds. The molecule has 2 aliphatic carbocycles. The smallest absolute Gasteiger partial charge is 0.260 e. The number of fused-ring (bicyclic) bond motifs is 3. The first-order valence-corrected chi connectivity index (χ1v) is 12.6. The maximum atomic E-state index is 12.7. The van der Waals surface area contributed by atoms with Crippen LogP contribution in [0.15, 0.2) is 4.79 Å². The van der Waals surface area contributed by atoms with E-state index in [9.17, 15) is 9.59 Å². The van der Waals surface area contributed by atoms with Gasteiger partial charge in [-0.3, -0.25) is 9.59 Å². The average molecular weight is 430 g/mol. The van der Waals surface area contributed by atoms with Gasteiger partial charge in [-0.25, -0.2) is 4.98 Å². The second-order valence-corrected chi connectivity index (χ2v) is 10.5. The van der Waals surface area contributed by atoms with Crippen LogP contribution in [-0.2, 0) is 24.2 Å². The Morgan fingerprint density at radius 3 is 2.70 bits per heavy atom. The molecule has 6 nitrogen and oxygen atoms in total. The molecule has 3 aliphatic rings. The molecule has 30 heavy (non-hydrogen) atoms. The maximum absolute atomic E-state index is 12.7. The molecule has 0 bridgehead atoms. The molecule has 7 heteroatoms. The SMILES string of the molecule is O=C(CCC1CCCC1)N1CC[NH+](Cc2nc3sc4c(c3c(=O)[nH]2)CCCC4)CC1. The van der Waals surface area contributed by atoms with Crippen LogP contribution in [-0.4, -0.2) is 47.0 Å². The summed E-state index contributed by atoms with van der Waals surface area (Å²) in [4.78, 5) is 38.9. The third kappa shape index (κ3) is 4.19. The van der Waals surface area contributed by atoms with Crippen LogP contribution in [0.25, 0.3) is 10.2 Å². The zero-order chi connectivity index (χ0) is 20.5. The predicted molar refractivity (Wildman–Crippen MR) is 119 cm³/mol. The first kappa shape index (κ1) is 20.2. The van der Waals surface area contributed by atoms with Gasteiger partial charge in [-0.05, 0) is 43.6 Å². The summed E-state index contributed by atoms with van der Waals surface area (Å²) in [6, 6.07) is 0. The topological polar surface area (TPSA) is 70.5 Å². The molecule has 3 heterocycles. The van der Waals surface area contributed by atoms with E-state index in [4.69, 9.17) is 4.98 Å². The molecule has 162 valence electrons. The molecular formula is C23H33N4O2S+. The summed E-state index contributed by atoms with van der Waals surface area (Å²) in [5, 5.41) is 0.839. The number of aromatic amines is 1.